The van der Waals surface area contributed by atoms with Crippen LogP contribution in [-0.2, 0) is 6.54 Å². The molecule has 1 saturated heterocycles. The van der Waals surface area contributed by atoms with Gasteiger partial charge < -0.3 is 9.73 Å². The van der Waals surface area contributed by atoms with Crippen molar-refractivity contribution in [1.82, 2.24) is 10.3 Å². The first-order valence-electron chi connectivity index (χ1n) is 4.50. The summed E-state index contributed by atoms with van der Waals surface area (Å²) in [5.74, 6) is 4.18. The SMILES string of the molecule is Cc1nc(CNC2CSC2)oc1C. The van der Waals surface area contributed by atoms with E-state index in [-0.39, 0.29) is 0 Å². The molecule has 1 aromatic rings. The fraction of sp³-hybridized carbons (Fsp3) is 0.667. The second kappa shape index (κ2) is 3.72. The van der Waals surface area contributed by atoms with Gasteiger partial charge >= 0.3 is 0 Å². The highest BCUT2D eigenvalue weighted by atomic mass is 32.2. The fourth-order valence-electron chi connectivity index (χ4n) is 1.20. The average molecular weight is 198 g/mol. The molecule has 4 heteroatoms. The van der Waals surface area contributed by atoms with Crippen molar-refractivity contribution < 1.29 is 4.42 Å². The van der Waals surface area contributed by atoms with Crippen LogP contribution in [0.15, 0.2) is 4.42 Å². The molecule has 1 aliphatic heterocycles. The average Bonchev–Trinajstić information content (AvgIpc) is 2.28. The van der Waals surface area contributed by atoms with Gasteiger partial charge in [-0.1, -0.05) is 0 Å². The summed E-state index contributed by atoms with van der Waals surface area (Å²) in [6.45, 7) is 4.69. The minimum atomic E-state index is 0.664. The Kier molecular flexibility index (Phi) is 2.60. The van der Waals surface area contributed by atoms with Crippen LogP contribution < -0.4 is 5.32 Å². The molecule has 1 N–H and O–H groups in total. The van der Waals surface area contributed by atoms with E-state index in [9.17, 15) is 0 Å². The molecular weight excluding hydrogens is 184 g/mol. The third-order valence-electron chi connectivity index (χ3n) is 2.25. The number of hydrogen-bond acceptors (Lipinski definition) is 4. The van der Waals surface area contributed by atoms with Gasteiger partial charge in [0, 0.05) is 17.5 Å². The van der Waals surface area contributed by atoms with Crippen molar-refractivity contribution >= 4 is 11.8 Å². The van der Waals surface area contributed by atoms with Gasteiger partial charge in [-0.15, -0.1) is 0 Å². The maximum Gasteiger partial charge on any atom is 0.208 e. The molecule has 0 aromatic carbocycles. The molecule has 0 atom stereocenters. The van der Waals surface area contributed by atoms with Crippen LogP contribution in [0.5, 0.6) is 0 Å². The molecule has 3 nitrogen and oxygen atoms in total. The molecule has 13 heavy (non-hydrogen) atoms. The monoisotopic (exact) mass is 198 g/mol. The Balaban J connectivity index is 1.86. The van der Waals surface area contributed by atoms with Crippen LogP contribution in [-0.4, -0.2) is 22.5 Å². The summed E-state index contributed by atoms with van der Waals surface area (Å²) in [5.41, 5.74) is 1.000. The maximum absolute atomic E-state index is 5.45. The molecule has 0 amide bonds. The maximum atomic E-state index is 5.45. The molecular formula is C9H14N2OS. The van der Waals surface area contributed by atoms with Crippen LogP contribution >= 0.6 is 11.8 Å². The van der Waals surface area contributed by atoms with E-state index in [2.05, 4.69) is 10.3 Å². The van der Waals surface area contributed by atoms with Gasteiger partial charge in [0.05, 0.1) is 12.2 Å². The lowest BCUT2D eigenvalue weighted by Gasteiger charge is -2.25. The summed E-state index contributed by atoms with van der Waals surface area (Å²) < 4.78 is 5.45. The van der Waals surface area contributed by atoms with Gasteiger partial charge in [0.1, 0.15) is 5.76 Å². The van der Waals surface area contributed by atoms with Gasteiger partial charge in [-0.25, -0.2) is 4.98 Å². The second-order valence-electron chi connectivity index (χ2n) is 3.36. The van der Waals surface area contributed by atoms with Crippen molar-refractivity contribution in [3.05, 3.63) is 17.3 Å². The van der Waals surface area contributed by atoms with Gasteiger partial charge in [0.15, 0.2) is 0 Å². The molecule has 2 heterocycles. The zero-order valence-corrected chi connectivity index (χ0v) is 8.78. The van der Waals surface area contributed by atoms with Crippen LogP contribution in [0.4, 0.5) is 0 Å². The third kappa shape index (κ3) is 2.06. The minimum absolute atomic E-state index is 0.664. The minimum Gasteiger partial charge on any atom is -0.444 e. The molecule has 1 fully saturated rings. The summed E-state index contributed by atoms with van der Waals surface area (Å²) in [6.07, 6.45) is 0. The molecule has 0 spiro atoms. The Morgan fingerprint density at radius 2 is 2.31 bits per heavy atom. The number of thioether (sulfide) groups is 1. The van der Waals surface area contributed by atoms with E-state index < -0.39 is 0 Å². The number of rotatable bonds is 3. The molecule has 2 rings (SSSR count). The lowest BCUT2D eigenvalue weighted by Crippen LogP contribution is -2.39. The number of hydrogen-bond donors (Lipinski definition) is 1. The van der Waals surface area contributed by atoms with Crippen LogP contribution in [0.2, 0.25) is 0 Å². The van der Waals surface area contributed by atoms with E-state index in [1.165, 1.54) is 11.5 Å². The third-order valence-corrected chi connectivity index (χ3v) is 3.53. The highest BCUT2D eigenvalue weighted by molar-refractivity contribution is 8.00. The lowest BCUT2D eigenvalue weighted by atomic mass is 10.3. The number of aromatic nitrogens is 1. The normalized spacial score (nSPS) is 17.4. The number of aryl methyl sites for hydroxylation is 2. The van der Waals surface area contributed by atoms with Crippen LogP contribution in [0.25, 0.3) is 0 Å². The van der Waals surface area contributed by atoms with Crippen molar-refractivity contribution in [3.8, 4) is 0 Å². The van der Waals surface area contributed by atoms with Crippen LogP contribution in [0, 0.1) is 13.8 Å². The van der Waals surface area contributed by atoms with E-state index in [0.717, 1.165) is 23.9 Å². The fourth-order valence-corrected chi connectivity index (χ4v) is 1.91. The summed E-state index contributed by atoms with van der Waals surface area (Å²) in [5, 5.41) is 3.40. The Bertz CT molecular complexity index is 274. The zero-order chi connectivity index (χ0) is 9.26. The van der Waals surface area contributed by atoms with E-state index >= 15 is 0 Å². The highest BCUT2D eigenvalue weighted by Crippen LogP contribution is 2.17. The second-order valence-corrected chi connectivity index (χ2v) is 4.44. The smallest absolute Gasteiger partial charge is 0.208 e. The molecule has 0 saturated carbocycles. The molecule has 0 unspecified atom stereocenters. The van der Waals surface area contributed by atoms with Crippen molar-refractivity contribution in [2.75, 3.05) is 11.5 Å². The standard InChI is InChI=1S/C9H14N2OS/c1-6-7(2)12-9(11-6)3-10-8-4-13-5-8/h8,10H,3-5H2,1-2H3. The Hall–Kier alpha value is -0.480. The molecule has 0 bridgehead atoms. The molecule has 0 aliphatic carbocycles. The van der Waals surface area contributed by atoms with Gasteiger partial charge in [-0.2, -0.15) is 11.8 Å². The zero-order valence-electron chi connectivity index (χ0n) is 7.96. The summed E-state index contributed by atoms with van der Waals surface area (Å²) >= 11 is 1.98. The molecule has 72 valence electrons. The predicted molar refractivity (Wildman–Crippen MR) is 53.9 cm³/mol. The van der Waals surface area contributed by atoms with E-state index in [1.807, 2.05) is 25.6 Å². The molecule has 1 aliphatic rings. The van der Waals surface area contributed by atoms with Gasteiger partial charge in [0.25, 0.3) is 0 Å². The van der Waals surface area contributed by atoms with Crippen LogP contribution in [0.1, 0.15) is 17.3 Å². The predicted octanol–water partition coefficient (Wildman–Crippen LogP) is 1.50. The first-order valence-corrected chi connectivity index (χ1v) is 5.65. The quantitative estimate of drug-likeness (QED) is 0.798. The number of oxazole rings is 1. The molecule has 1 aromatic heterocycles. The van der Waals surface area contributed by atoms with Crippen molar-refractivity contribution in [3.63, 3.8) is 0 Å². The van der Waals surface area contributed by atoms with Crippen LogP contribution in [0.3, 0.4) is 0 Å². The van der Waals surface area contributed by atoms with E-state index in [0.29, 0.717) is 6.04 Å². The first-order chi connectivity index (χ1) is 6.25. The van der Waals surface area contributed by atoms with Gasteiger partial charge in [0.2, 0.25) is 5.89 Å². The summed E-state index contributed by atoms with van der Waals surface area (Å²) in [7, 11) is 0. The summed E-state index contributed by atoms with van der Waals surface area (Å²) in [4.78, 5) is 4.30. The Labute approximate surface area is 82.3 Å². The van der Waals surface area contributed by atoms with Gasteiger partial charge in [-0.05, 0) is 13.8 Å². The topological polar surface area (TPSA) is 38.1 Å². The van der Waals surface area contributed by atoms with Crippen molar-refractivity contribution in [2.24, 2.45) is 0 Å². The molecule has 0 radical (unpaired) electrons. The lowest BCUT2D eigenvalue weighted by molar-refractivity contribution is 0.434. The van der Waals surface area contributed by atoms with E-state index in [4.69, 9.17) is 4.42 Å². The summed E-state index contributed by atoms with van der Waals surface area (Å²) in [6, 6.07) is 0.664. The Morgan fingerprint density at radius 1 is 1.54 bits per heavy atom. The highest BCUT2D eigenvalue weighted by Gasteiger charge is 2.17. The van der Waals surface area contributed by atoms with E-state index in [1.54, 1.807) is 0 Å². The number of nitrogens with one attached hydrogen (secondary N) is 1. The largest absolute Gasteiger partial charge is 0.444 e. The Morgan fingerprint density at radius 3 is 2.77 bits per heavy atom. The van der Waals surface area contributed by atoms with Crippen molar-refractivity contribution in [2.45, 2.75) is 26.4 Å². The van der Waals surface area contributed by atoms with Crippen molar-refractivity contribution in [1.29, 1.82) is 0 Å². The first kappa shape index (κ1) is 9.09. The van der Waals surface area contributed by atoms with Gasteiger partial charge in [-0.3, -0.25) is 0 Å². The number of nitrogens with zero attached hydrogens (tertiary/aromatic N) is 1.